The molecule has 5 rings (SSSR count). The Kier molecular flexibility index (Phi) is 6.45. The number of para-hydroxylation sites is 1. The number of nitrogens with zero attached hydrogens (tertiary/aromatic N) is 6. The van der Waals surface area contributed by atoms with E-state index >= 15 is 0 Å². The van der Waals surface area contributed by atoms with E-state index in [0.717, 1.165) is 37.3 Å². The molecular weight excluding hydrogens is 468 g/mol. The first-order valence-electron chi connectivity index (χ1n) is 12.5. The molecule has 0 aliphatic carbocycles. The molecule has 37 heavy (non-hydrogen) atoms. The molecule has 2 aromatic carbocycles. The summed E-state index contributed by atoms with van der Waals surface area (Å²) in [6, 6.07) is 12.9. The second kappa shape index (κ2) is 9.72. The van der Waals surface area contributed by atoms with Gasteiger partial charge in [0.2, 0.25) is 5.95 Å². The number of hydrogen-bond donors (Lipinski definition) is 0. The number of methoxy groups -OCH3 is 1. The highest BCUT2D eigenvalue weighted by Crippen LogP contribution is 2.39. The first-order valence-corrected chi connectivity index (χ1v) is 12.5. The van der Waals surface area contributed by atoms with Crippen LogP contribution in [0.2, 0.25) is 0 Å². The van der Waals surface area contributed by atoms with Gasteiger partial charge in [-0.1, -0.05) is 19.1 Å². The van der Waals surface area contributed by atoms with Crippen molar-refractivity contribution in [2.45, 2.75) is 19.8 Å². The van der Waals surface area contributed by atoms with Crippen LogP contribution in [0.4, 0.5) is 28.8 Å². The summed E-state index contributed by atoms with van der Waals surface area (Å²) < 4.78 is 5.68. The zero-order valence-electron chi connectivity index (χ0n) is 21.9. The Morgan fingerprint density at radius 3 is 2.51 bits per heavy atom. The summed E-state index contributed by atoms with van der Waals surface area (Å²) in [5.74, 6) is 2.17. The van der Waals surface area contributed by atoms with Crippen molar-refractivity contribution >= 4 is 40.6 Å². The molecule has 0 radical (unpaired) electrons. The van der Waals surface area contributed by atoms with E-state index < -0.39 is 0 Å². The Morgan fingerprint density at radius 1 is 1.05 bits per heavy atom. The van der Waals surface area contributed by atoms with Crippen LogP contribution in [0.3, 0.4) is 0 Å². The molecule has 0 N–H and O–H groups in total. The second-order valence-corrected chi connectivity index (χ2v) is 9.74. The molecule has 192 valence electrons. The van der Waals surface area contributed by atoms with Crippen molar-refractivity contribution in [2.75, 3.05) is 56.0 Å². The number of likely N-dealkylation sites (tertiary alicyclic amines) is 1. The lowest BCUT2D eigenvalue weighted by Gasteiger charge is -2.30. The van der Waals surface area contributed by atoms with Gasteiger partial charge in [-0.15, -0.1) is 0 Å². The molecule has 2 amide bonds. The van der Waals surface area contributed by atoms with E-state index in [9.17, 15) is 9.59 Å². The number of carbonyl (C=O) groups excluding carboxylic acids is 2. The van der Waals surface area contributed by atoms with E-state index in [1.54, 1.807) is 31.3 Å². The van der Waals surface area contributed by atoms with Gasteiger partial charge in [0.1, 0.15) is 11.4 Å². The average Bonchev–Trinajstić information content (AvgIpc) is 3.01. The van der Waals surface area contributed by atoms with E-state index in [1.807, 2.05) is 65.2 Å². The third kappa shape index (κ3) is 4.34. The number of ether oxygens (including phenoxy) is 1. The van der Waals surface area contributed by atoms with Gasteiger partial charge >= 0.3 is 0 Å². The number of anilines is 5. The predicted molar refractivity (Wildman–Crippen MR) is 145 cm³/mol. The van der Waals surface area contributed by atoms with Crippen LogP contribution in [0.25, 0.3) is 0 Å². The van der Waals surface area contributed by atoms with Crippen molar-refractivity contribution in [1.82, 2.24) is 14.9 Å². The van der Waals surface area contributed by atoms with Crippen molar-refractivity contribution < 1.29 is 14.3 Å². The number of benzene rings is 2. The van der Waals surface area contributed by atoms with Crippen LogP contribution < -0.4 is 19.4 Å². The van der Waals surface area contributed by atoms with Gasteiger partial charge in [0.05, 0.1) is 30.2 Å². The van der Waals surface area contributed by atoms with Gasteiger partial charge in [0.25, 0.3) is 11.8 Å². The number of aromatic nitrogens is 2. The molecule has 9 heteroatoms. The largest absolute Gasteiger partial charge is 0.495 e. The smallest absolute Gasteiger partial charge is 0.260 e. The summed E-state index contributed by atoms with van der Waals surface area (Å²) in [5, 5.41) is 0. The molecule has 1 saturated heterocycles. The minimum atomic E-state index is -0.115. The maximum Gasteiger partial charge on any atom is 0.260 e. The van der Waals surface area contributed by atoms with Crippen LogP contribution in [-0.2, 0) is 0 Å². The van der Waals surface area contributed by atoms with Crippen molar-refractivity contribution in [3.8, 4) is 5.75 Å². The molecule has 0 bridgehead atoms. The fourth-order valence-corrected chi connectivity index (χ4v) is 4.94. The highest BCUT2D eigenvalue weighted by atomic mass is 16.5. The van der Waals surface area contributed by atoms with Crippen molar-refractivity contribution in [3.63, 3.8) is 0 Å². The van der Waals surface area contributed by atoms with Crippen molar-refractivity contribution in [1.29, 1.82) is 0 Å². The summed E-state index contributed by atoms with van der Waals surface area (Å²) in [5.41, 5.74) is 3.32. The van der Waals surface area contributed by atoms with Crippen molar-refractivity contribution in [3.05, 3.63) is 59.8 Å². The molecule has 3 aromatic rings. The Hall–Kier alpha value is -4.14. The number of rotatable bonds is 4. The number of piperidine rings is 1. The maximum absolute atomic E-state index is 13.1. The fourth-order valence-electron chi connectivity index (χ4n) is 4.94. The molecule has 0 unspecified atom stereocenters. The van der Waals surface area contributed by atoms with E-state index in [4.69, 9.17) is 9.72 Å². The van der Waals surface area contributed by atoms with Gasteiger partial charge in [-0.2, -0.15) is 4.98 Å². The lowest BCUT2D eigenvalue weighted by molar-refractivity contribution is 0.0696. The van der Waals surface area contributed by atoms with Gasteiger partial charge in [-0.25, -0.2) is 4.98 Å². The van der Waals surface area contributed by atoms with Crippen LogP contribution in [0, 0.1) is 5.92 Å². The van der Waals surface area contributed by atoms with Crippen LogP contribution in [0.1, 0.15) is 40.5 Å². The van der Waals surface area contributed by atoms with Crippen LogP contribution in [0.15, 0.2) is 48.7 Å². The predicted octanol–water partition coefficient (Wildman–Crippen LogP) is 4.48. The monoisotopic (exact) mass is 500 g/mol. The van der Waals surface area contributed by atoms with E-state index in [2.05, 4.69) is 11.9 Å². The van der Waals surface area contributed by atoms with Gasteiger partial charge in [0.15, 0.2) is 5.82 Å². The van der Waals surface area contributed by atoms with Crippen LogP contribution in [-0.4, -0.2) is 68.0 Å². The van der Waals surface area contributed by atoms with Gasteiger partial charge in [-0.3, -0.25) is 9.59 Å². The lowest BCUT2D eigenvalue weighted by Crippen LogP contribution is -2.37. The Morgan fingerprint density at radius 2 is 1.78 bits per heavy atom. The number of amides is 2. The zero-order valence-corrected chi connectivity index (χ0v) is 21.9. The molecule has 3 heterocycles. The van der Waals surface area contributed by atoms with Crippen LogP contribution in [0.5, 0.6) is 5.75 Å². The summed E-state index contributed by atoms with van der Waals surface area (Å²) in [7, 11) is 7.06. The maximum atomic E-state index is 13.1. The van der Waals surface area contributed by atoms with Gasteiger partial charge in [-0.05, 0) is 49.1 Å². The summed E-state index contributed by atoms with van der Waals surface area (Å²) in [6.45, 7) is 3.79. The summed E-state index contributed by atoms with van der Waals surface area (Å²) in [4.78, 5) is 42.8. The number of hydrogen-bond acceptors (Lipinski definition) is 7. The standard InChI is InChI=1S/C28H32N6O3/c1-18-12-14-34(15-13-18)26(35)19-10-11-22(24(16-19)37-5)33(4)28-29-17-23-25(30-28)31(2)21-9-7-6-8-20(21)27(36)32(23)3/h6-11,16-18H,12-15H2,1-5H3. The summed E-state index contributed by atoms with van der Waals surface area (Å²) in [6.07, 6.45) is 3.72. The molecule has 2 aliphatic heterocycles. The third-order valence-electron chi connectivity index (χ3n) is 7.38. The van der Waals surface area contributed by atoms with Gasteiger partial charge < -0.3 is 24.3 Å². The lowest BCUT2D eigenvalue weighted by atomic mass is 9.98. The topological polar surface area (TPSA) is 82.1 Å². The number of fused-ring (bicyclic) bond motifs is 2. The highest BCUT2D eigenvalue weighted by Gasteiger charge is 2.30. The molecule has 9 nitrogen and oxygen atoms in total. The first kappa shape index (κ1) is 24.5. The Bertz CT molecular complexity index is 1350. The molecule has 1 fully saturated rings. The number of carbonyl (C=O) groups is 2. The normalized spacial score (nSPS) is 15.7. The quantitative estimate of drug-likeness (QED) is 0.522. The first-order chi connectivity index (χ1) is 17.8. The van der Waals surface area contributed by atoms with E-state index in [-0.39, 0.29) is 11.8 Å². The van der Waals surface area contributed by atoms with E-state index in [1.165, 1.54) is 0 Å². The minimum Gasteiger partial charge on any atom is -0.495 e. The van der Waals surface area contributed by atoms with Crippen molar-refractivity contribution in [2.24, 2.45) is 5.92 Å². The average molecular weight is 501 g/mol. The molecule has 0 atom stereocenters. The van der Waals surface area contributed by atoms with E-state index in [0.29, 0.717) is 40.2 Å². The zero-order chi connectivity index (χ0) is 26.3. The molecular formula is C28H32N6O3. The van der Waals surface area contributed by atoms with Gasteiger partial charge in [0, 0.05) is 39.8 Å². The Balaban J connectivity index is 1.47. The van der Waals surface area contributed by atoms with Crippen LogP contribution >= 0.6 is 0 Å². The second-order valence-electron chi connectivity index (χ2n) is 9.74. The SMILES string of the molecule is COc1cc(C(=O)N2CCC(C)CC2)ccc1N(C)c1ncc2c(n1)N(C)c1ccccc1C(=O)N2C. The summed E-state index contributed by atoms with van der Waals surface area (Å²) >= 11 is 0. The highest BCUT2D eigenvalue weighted by molar-refractivity contribution is 6.13. The molecule has 1 aromatic heterocycles. The minimum absolute atomic E-state index is 0.0219. The molecule has 0 spiro atoms. The molecule has 2 aliphatic rings. The molecule has 0 saturated carbocycles. The fraction of sp³-hybridized carbons (Fsp3) is 0.357. The Labute approximate surface area is 217 Å². The third-order valence-corrected chi connectivity index (χ3v) is 7.38.